The number of carboxylic acid groups (broad SMARTS) is 1. The lowest BCUT2D eigenvalue weighted by atomic mass is 9.75. The van der Waals surface area contributed by atoms with Crippen molar-refractivity contribution in [3.8, 4) is 0 Å². The molecule has 1 N–H and O–H groups in total. The van der Waals surface area contributed by atoms with Gasteiger partial charge in [-0.05, 0) is 48.8 Å². The first kappa shape index (κ1) is 23.7. The van der Waals surface area contributed by atoms with Gasteiger partial charge in [0.1, 0.15) is 6.54 Å². The van der Waals surface area contributed by atoms with Crippen molar-refractivity contribution >= 4 is 21.8 Å². The number of sulfonamides is 1. The Morgan fingerprint density at radius 1 is 1.09 bits per heavy atom. The average Bonchev–Trinajstić information content (AvgIpc) is 2.99. The number of nitrogens with zero attached hydrogens (tertiary/aromatic N) is 2. The molecule has 2 aromatic rings. The zero-order valence-electron chi connectivity index (χ0n) is 19.6. The molecule has 1 aromatic heterocycles. The summed E-state index contributed by atoms with van der Waals surface area (Å²) in [7, 11) is -3.64. The van der Waals surface area contributed by atoms with Gasteiger partial charge in [-0.25, -0.2) is 8.42 Å². The minimum atomic E-state index is -3.64. The molecule has 0 bridgehead atoms. The topological polar surface area (TPSA) is 96.7 Å². The maximum absolute atomic E-state index is 13.4. The third kappa shape index (κ3) is 4.51. The molecule has 178 valence electrons. The van der Waals surface area contributed by atoms with E-state index in [0.29, 0.717) is 37.1 Å². The minimum Gasteiger partial charge on any atom is -0.480 e. The largest absolute Gasteiger partial charge is 0.480 e. The summed E-state index contributed by atoms with van der Waals surface area (Å²) >= 11 is 0. The molecule has 0 atom stereocenters. The molecule has 0 saturated carbocycles. The Hall–Kier alpha value is -2.45. The molecule has 4 rings (SSSR count). The summed E-state index contributed by atoms with van der Waals surface area (Å²) in [6.07, 6.45) is 4.02. The van der Waals surface area contributed by atoms with Gasteiger partial charge in [0.25, 0.3) is 0 Å². The van der Waals surface area contributed by atoms with Crippen molar-refractivity contribution in [1.82, 2.24) is 8.87 Å². The molecule has 0 radical (unpaired) electrons. The van der Waals surface area contributed by atoms with Crippen LogP contribution in [0.4, 0.5) is 0 Å². The second-order valence-electron chi connectivity index (χ2n) is 10.1. The Kier molecular flexibility index (Phi) is 6.26. The van der Waals surface area contributed by atoms with Crippen molar-refractivity contribution in [2.45, 2.75) is 70.7 Å². The highest BCUT2D eigenvalue weighted by molar-refractivity contribution is 7.89. The number of ketones is 1. The van der Waals surface area contributed by atoms with Crippen LogP contribution < -0.4 is 0 Å². The lowest BCUT2D eigenvalue weighted by Gasteiger charge is -2.30. The summed E-state index contributed by atoms with van der Waals surface area (Å²) in [6.45, 7) is 6.69. The molecule has 0 spiro atoms. The lowest BCUT2D eigenvalue weighted by Crippen LogP contribution is -2.36. The van der Waals surface area contributed by atoms with Crippen LogP contribution in [0.3, 0.4) is 0 Å². The monoisotopic (exact) mass is 472 g/mol. The maximum atomic E-state index is 13.4. The summed E-state index contributed by atoms with van der Waals surface area (Å²) in [5, 5.41) is 9.49. The van der Waals surface area contributed by atoms with Crippen molar-refractivity contribution in [2.75, 3.05) is 13.1 Å². The fourth-order valence-corrected chi connectivity index (χ4v) is 7.05. The number of carbonyl (C=O) groups excluding carboxylic acids is 1. The van der Waals surface area contributed by atoms with E-state index < -0.39 is 16.0 Å². The first-order valence-electron chi connectivity index (χ1n) is 11.6. The number of carboxylic acids is 1. The Morgan fingerprint density at radius 2 is 1.76 bits per heavy atom. The van der Waals surface area contributed by atoms with Gasteiger partial charge in [-0.2, -0.15) is 4.31 Å². The molecule has 0 unspecified atom stereocenters. The van der Waals surface area contributed by atoms with Crippen molar-refractivity contribution in [2.24, 2.45) is 5.41 Å². The zero-order chi connectivity index (χ0) is 24.0. The van der Waals surface area contributed by atoms with E-state index in [2.05, 4.69) is 0 Å². The first-order valence-corrected chi connectivity index (χ1v) is 13.0. The predicted octanol–water partition coefficient (Wildman–Crippen LogP) is 3.80. The highest BCUT2D eigenvalue weighted by Gasteiger charge is 2.37. The van der Waals surface area contributed by atoms with Gasteiger partial charge in [0.15, 0.2) is 5.78 Å². The number of Topliss-reactive ketones (excluding diaryl/α,β-unsaturated/α-hetero) is 1. The smallest absolute Gasteiger partial charge is 0.323 e. The standard InChI is InChI=1S/C25H32N2O5S/c1-17-19(24-20(27(17)16-23(29)30)14-25(2,3)15-21(24)28)13-18-9-5-6-10-22(18)33(31,32)26-11-7-4-8-12-26/h5-6,9-10H,4,7-8,11-16H2,1-3H3,(H,29,30). The molecule has 1 aliphatic carbocycles. The molecule has 1 fully saturated rings. The van der Waals surface area contributed by atoms with E-state index in [1.165, 1.54) is 0 Å². The van der Waals surface area contributed by atoms with Crippen LogP contribution in [0.25, 0.3) is 0 Å². The van der Waals surface area contributed by atoms with Crippen molar-refractivity contribution in [3.63, 3.8) is 0 Å². The van der Waals surface area contributed by atoms with Crippen LogP contribution in [-0.4, -0.2) is 47.2 Å². The molecule has 1 aromatic carbocycles. The fraction of sp³-hybridized carbons (Fsp3) is 0.520. The number of piperidine rings is 1. The third-order valence-corrected chi connectivity index (χ3v) is 8.89. The number of aliphatic carboxylic acids is 1. The second kappa shape index (κ2) is 8.72. The van der Waals surface area contributed by atoms with Gasteiger partial charge >= 0.3 is 5.97 Å². The van der Waals surface area contributed by atoms with E-state index in [-0.39, 0.29) is 29.1 Å². The van der Waals surface area contributed by atoms with Crippen LogP contribution in [-0.2, 0) is 34.2 Å². The fourth-order valence-electron chi connectivity index (χ4n) is 5.31. The molecule has 1 aliphatic heterocycles. The number of benzene rings is 1. The van der Waals surface area contributed by atoms with Crippen molar-refractivity contribution in [3.05, 3.63) is 52.3 Å². The van der Waals surface area contributed by atoms with Gasteiger partial charge in [0, 0.05) is 42.9 Å². The van der Waals surface area contributed by atoms with Gasteiger partial charge in [-0.15, -0.1) is 0 Å². The molecule has 1 saturated heterocycles. The van der Waals surface area contributed by atoms with Crippen LogP contribution in [0.5, 0.6) is 0 Å². The van der Waals surface area contributed by atoms with E-state index in [4.69, 9.17) is 0 Å². The molecule has 2 heterocycles. The summed E-state index contributed by atoms with van der Waals surface area (Å²) in [6, 6.07) is 6.98. The molecule has 0 amide bonds. The van der Waals surface area contributed by atoms with Crippen LogP contribution in [0.2, 0.25) is 0 Å². The number of rotatable bonds is 6. The van der Waals surface area contributed by atoms with Gasteiger partial charge in [-0.1, -0.05) is 38.5 Å². The second-order valence-corrected chi connectivity index (χ2v) is 12.0. The number of fused-ring (bicyclic) bond motifs is 1. The summed E-state index contributed by atoms with van der Waals surface area (Å²) < 4.78 is 30.2. The number of carbonyl (C=O) groups is 2. The number of aromatic nitrogens is 1. The molecule has 2 aliphatic rings. The zero-order valence-corrected chi connectivity index (χ0v) is 20.4. The SMILES string of the molecule is Cc1c(Cc2ccccc2S(=O)(=O)N2CCCCC2)c2c(n1CC(=O)O)CC(C)(C)CC2=O. The van der Waals surface area contributed by atoms with E-state index in [1.54, 1.807) is 27.1 Å². The quantitative estimate of drug-likeness (QED) is 0.690. The van der Waals surface area contributed by atoms with E-state index in [1.807, 2.05) is 26.8 Å². The van der Waals surface area contributed by atoms with E-state index in [0.717, 1.165) is 36.2 Å². The summed E-state index contributed by atoms with van der Waals surface area (Å²) in [5.74, 6) is -0.966. The summed E-state index contributed by atoms with van der Waals surface area (Å²) in [5.41, 5.74) is 3.18. The molecular formula is C25H32N2O5S. The highest BCUT2D eigenvalue weighted by atomic mass is 32.2. The lowest BCUT2D eigenvalue weighted by molar-refractivity contribution is -0.137. The number of hydrogen-bond acceptors (Lipinski definition) is 4. The van der Waals surface area contributed by atoms with Crippen LogP contribution >= 0.6 is 0 Å². The first-order chi connectivity index (χ1) is 15.5. The molecule has 8 heteroatoms. The maximum Gasteiger partial charge on any atom is 0.323 e. The Bertz CT molecular complexity index is 1200. The molecule has 7 nitrogen and oxygen atoms in total. The third-order valence-electron chi connectivity index (χ3n) is 6.89. The van der Waals surface area contributed by atoms with Gasteiger partial charge < -0.3 is 9.67 Å². The number of hydrogen-bond donors (Lipinski definition) is 1. The Morgan fingerprint density at radius 3 is 2.42 bits per heavy atom. The van der Waals surface area contributed by atoms with Crippen molar-refractivity contribution < 1.29 is 23.1 Å². The molecule has 33 heavy (non-hydrogen) atoms. The van der Waals surface area contributed by atoms with E-state index in [9.17, 15) is 23.1 Å². The average molecular weight is 473 g/mol. The predicted molar refractivity (Wildman–Crippen MR) is 125 cm³/mol. The van der Waals surface area contributed by atoms with Crippen molar-refractivity contribution in [1.29, 1.82) is 0 Å². The molecular weight excluding hydrogens is 440 g/mol. The Labute approximate surface area is 195 Å². The van der Waals surface area contributed by atoms with Gasteiger partial charge in [-0.3, -0.25) is 9.59 Å². The minimum absolute atomic E-state index is 0.000132. The van der Waals surface area contributed by atoms with Crippen LogP contribution in [0, 0.1) is 12.3 Å². The van der Waals surface area contributed by atoms with E-state index >= 15 is 0 Å². The van der Waals surface area contributed by atoms with Gasteiger partial charge in [0.2, 0.25) is 10.0 Å². The highest BCUT2D eigenvalue weighted by Crippen LogP contribution is 2.40. The normalized spacial score (nSPS) is 18.8. The Balaban J connectivity index is 1.81. The van der Waals surface area contributed by atoms with Gasteiger partial charge in [0.05, 0.1) is 4.90 Å². The van der Waals surface area contributed by atoms with Crippen LogP contribution in [0.1, 0.15) is 72.4 Å². The van der Waals surface area contributed by atoms with Crippen LogP contribution in [0.15, 0.2) is 29.2 Å². The summed E-state index contributed by atoms with van der Waals surface area (Å²) in [4.78, 5) is 25.1.